The van der Waals surface area contributed by atoms with E-state index in [4.69, 9.17) is 9.26 Å². The van der Waals surface area contributed by atoms with E-state index in [0.29, 0.717) is 12.2 Å². The highest BCUT2D eigenvalue weighted by Crippen LogP contribution is 2.25. The summed E-state index contributed by atoms with van der Waals surface area (Å²) in [5.41, 5.74) is 1.86. The molecule has 0 aliphatic carbocycles. The van der Waals surface area contributed by atoms with Crippen LogP contribution in [-0.2, 0) is 25.2 Å². The molecule has 0 saturated heterocycles. The number of ether oxygens (including phenoxy) is 1. The molecule has 8 heteroatoms. The Bertz CT molecular complexity index is 791. The highest BCUT2D eigenvalue weighted by molar-refractivity contribution is 8.13. The van der Waals surface area contributed by atoms with Gasteiger partial charge in [0.25, 0.3) is 0 Å². The maximum atomic E-state index is 12.5. The smallest absolute Gasteiger partial charge is 0.407 e. The first kappa shape index (κ1) is 24.1. The minimum atomic E-state index is -0.524. The van der Waals surface area contributed by atoms with Crippen molar-refractivity contribution < 1.29 is 23.4 Å². The number of benzene rings is 2. The van der Waals surface area contributed by atoms with E-state index in [0.717, 1.165) is 17.5 Å². The van der Waals surface area contributed by atoms with E-state index in [1.807, 2.05) is 60.7 Å². The van der Waals surface area contributed by atoms with Crippen LogP contribution in [0.15, 0.2) is 60.7 Å². The van der Waals surface area contributed by atoms with Gasteiger partial charge in [0.2, 0.25) is 0 Å². The van der Waals surface area contributed by atoms with Gasteiger partial charge in [-0.05, 0) is 24.0 Å². The van der Waals surface area contributed by atoms with E-state index < -0.39 is 14.8 Å². The first-order chi connectivity index (χ1) is 14.6. The molecule has 0 spiro atoms. The summed E-state index contributed by atoms with van der Waals surface area (Å²) in [5.74, 6) is 0.452. The van der Waals surface area contributed by atoms with Crippen LogP contribution in [0.1, 0.15) is 36.8 Å². The molecule has 160 valence electrons. The summed E-state index contributed by atoms with van der Waals surface area (Å²) in [6.45, 7) is 1.89. The third-order valence-corrected chi connectivity index (χ3v) is 5.65. The summed E-state index contributed by atoms with van der Waals surface area (Å²) >= 11 is 1.26. The van der Waals surface area contributed by atoms with Gasteiger partial charge in [-0.2, -0.15) is 0 Å². The molecule has 0 heterocycles. The molecule has 6 nitrogen and oxygen atoms in total. The van der Waals surface area contributed by atoms with Gasteiger partial charge in [0, 0.05) is 24.6 Å². The number of alkyl carbamates (subject to hydrolysis) is 1. The highest BCUT2D eigenvalue weighted by atomic mass is 32.2. The Morgan fingerprint density at radius 2 is 1.73 bits per heavy atom. The topological polar surface area (TPSA) is 81.7 Å². The molecule has 1 amide bonds. The number of thioether (sulfide) groups is 1. The van der Waals surface area contributed by atoms with Gasteiger partial charge in [-0.15, -0.1) is 0 Å². The fraction of sp³-hybridized carbons (Fsp3) is 0.364. The molecule has 30 heavy (non-hydrogen) atoms. The average Bonchev–Trinajstić information content (AvgIpc) is 2.76. The molecule has 0 saturated carbocycles. The zero-order valence-electron chi connectivity index (χ0n) is 16.9. The van der Waals surface area contributed by atoms with Crippen molar-refractivity contribution in [2.75, 3.05) is 12.4 Å². The molecular formula is C22H26NO5PS. The quantitative estimate of drug-likeness (QED) is 0.349. The molecule has 0 aromatic heterocycles. The molecule has 0 aliphatic rings. The van der Waals surface area contributed by atoms with Crippen molar-refractivity contribution in [2.45, 2.75) is 38.3 Å². The van der Waals surface area contributed by atoms with Crippen LogP contribution in [0.2, 0.25) is 0 Å². The van der Waals surface area contributed by atoms with Crippen LogP contribution in [-0.4, -0.2) is 29.6 Å². The predicted octanol–water partition coefficient (Wildman–Crippen LogP) is 5.35. The summed E-state index contributed by atoms with van der Waals surface area (Å²) in [7, 11) is -0.410. The molecule has 0 bridgehead atoms. The van der Waals surface area contributed by atoms with Crippen LogP contribution in [0, 0.1) is 0 Å². The monoisotopic (exact) mass is 447 g/mol. The Morgan fingerprint density at radius 1 is 1.07 bits per heavy atom. The number of carbonyl (C=O) groups is 2. The molecule has 0 radical (unpaired) electrons. The van der Waals surface area contributed by atoms with E-state index >= 15 is 0 Å². The number of nitrogens with one attached hydrogen (secondary N) is 1. The second kappa shape index (κ2) is 13.9. The van der Waals surface area contributed by atoms with Gasteiger partial charge in [0.05, 0.1) is 6.61 Å². The average molecular weight is 447 g/mol. The molecule has 0 fully saturated rings. The molecule has 2 aromatic carbocycles. The van der Waals surface area contributed by atoms with Crippen LogP contribution < -0.4 is 5.32 Å². The number of rotatable bonds is 12. The summed E-state index contributed by atoms with van der Waals surface area (Å²) in [5, 5.41) is 3.01. The molecule has 2 unspecified atom stereocenters. The van der Waals surface area contributed by atoms with Gasteiger partial charge in [0.15, 0.2) is 5.12 Å². The Kier molecular flexibility index (Phi) is 11.2. The lowest BCUT2D eigenvalue weighted by Crippen LogP contribution is -2.41. The zero-order chi connectivity index (χ0) is 21.6. The van der Waals surface area contributed by atoms with Gasteiger partial charge in [-0.1, -0.05) is 72.4 Å². The van der Waals surface area contributed by atoms with Crippen molar-refractivity contribution in [2.24, 2.45) is 0 Å². The molecule has 1 N–H and O–H groups in total. The molecule has 2 aromatic rings. The van der Waals surface area contributed by atoms with Crippen molar-refractivity contribution in [1.82, 2.24) is 5.32 Å². The largest absolute Gasteiger partial charge is 0.445 e. The predicted molar refractivity (Wildman–Crippen MR) is 119 cm³/mol. The molecule has 2 atom stereocenters. The fourth-order valence-electron chi connectivity index (χ4n) is 3.06. The van der Waals surface area contributed by atoms with Crippen molar-refractivity contribution >= 4 is 31.7 Å². The lowest BCUT2D eigenvalue weighted by molar-refractivity contribution is -0.109. The third-order valence-electron chi connectivity index (χ3n) is 4.50. The van der Waals surface area contributed by atoms with Gasteiger partial charge in [-0.25, -0.2) is 9.36 Å². The van der Waals surface area contributed by atoms with Crippen molar-refractivity contribution in [3.63, 3.8) is 0 Å². The van der Waals surface area contributed by atoms with Gasteiger partial charge < -0.3 is 10.1 Å². The van der Waals surface area contributed by atoms with Gasteiger partial charge in [0.1, 0.15) is 6.61 Å². The minimum Gasteiger partial charge on any atom is -0.445 e. The van der Waals surface area contributed by atoms with E-state index in [9.17, 15) is 14.2 Å². The Balaban J connectivity index is 2.06. The number of carbonyl (C=O) groups excluding carboxylic acids is 2. The Morgan fingerprint density at radius 3 is 2.37 bits per heavy atom. The minimum absolute atomic E-state index is 0.0647. The van der Waals surface area contributed by atoms with E-state index in [-0.39, 0.29) is 30.3 Å². The summed E-state index contributed by atoms with van der Waals surface area (Å²) in [6.07, 6.45) is 0.828. The van der Waals surface area contributed by atoms with E-state index in [1.54, 1.807) is 0 Å². The maximum Gasteiger partial charge on any atom is 0.407 e. The molecule has 0 aliphatic heterocycles. The SMILES string of the molecule is CC(=O)SCCCC(NC(=O)OCc1ccccc1)C(COP=O)c1ccccc1. The highest BCUT2D eigenvalue weighted by Gasteiger charge is 2.26. The summed E-state index contributed by atoms with van der Waals surface area (Å²) in [6, 6.07) is 18.8. The standard InChI is InChI=1S/C22H26NO5PS/c1-17(24)30-14-8-13-21(20(16-28-29-26)19-11-6-3-7-12-19)23-22(25)27-15-18-9-4-2-5-10-18/h2-7,9-12,20-21H,8,13-16H2,1H3,(H,23,25). The van der Waals surface area contributed by atoms with Gasteiger partial charge in [-0.3, -0.25) is 9.32 Å². The molecular weight excluding hydrogens is 421 g/mol. The third kappa shape index (κ3) is 9.08. The fourth-order valence-corrected chi connectivity index (χ4v) is 3.88. The van der Waals surface area contributed by atoms with Crippen LogP contribution >= 0.6 is 20.4 Å². The lowest BCUT2D eigenvalue weighted by Gasteiger charge is -2.27. The first-order valence-electron chi connectivity index (χ1n) is 9.70. The number of hydrogen-bond donors (Lipinski definition) is 1. The Hall–Kier alpha value is -2.21. The summed E-state index contributed by atoms with van der Waals surface area (Å²) < 4.78 is 21.4. The van der Waals surface area contributed by atoms with Gasteiger partial charge >= 0.3 is 14.8 Å². The van der Waals surface area contributed by atoms with Crippen LogP contribution in [0.4, 0.5) is 4.79 Å². The number of hydrogen-bond acceptors (Lipinski definition) is 6. The summed E-state index contributed by atoms with van der Waals surface area (Å²) in [4.78, 5) is 23.7. The normalized spacial score (nSPS) is 12.8. The van der Waals surface area contributed by atoms with Crippen molar-refractivity contribution in [3.05, 3.63) is 71.8 Å². The number of amides is 1. The lowest BCUT2D eigenvalue weighted by atomic mass is 9.89. The maximum absolute atomic E-state index is 12.5. The van der Waals surface area contributed by atoms with E-state index in [2.05, 4.69) is 5.32 Å². The van der Waals surface area contributed by atoms with Crippen LogP contribution in [0.25, 0.3) is 0 Å². The second-order valence-electron chi connectivity index (χ2n) is 6.68. The van der Waals surface area contributed by atoms with Crippen molar-refractivity contribution in [3.8, 4) is 0 Å². The zero-order valence-corrected chi connectivity index (χ0v) is 18.6. The van der Waals surface area contributed by atoms with Crippen LogP contribution in [0.5, 0.6) is 0 Å². The first-order valence-corrected chi connectivity index (χ1v) is 11.4. The van der Waals surface area contributed by atoms with Crippen molar-refractivity contribution in [1.29, 1.82) is 0 Å². The Labute approximate surface area is 183 Å². The second-order valence-corrected chi connectivity index (χ2v) is 8.36. The van der Waals surface area contributed by atoms with E-state index in [1.165, 1.54) is 18.7 Å². The molecule has 2 rings (SSSR count). The van der Waals surface area contributed by atoms with Crippen LogP contribution in [0.3, 0.4) is 0 Å².